The van der Waals surface area contributed by atoms with Gasteiger partial charge in [0.05, 0.1) is 27.4 Å². The molecule has 0 atom stereocenters. The van der Waals surface area contributed by atoms with Crippen LogP contribution in [0.25, 0.3) is 22.2 Å². The highest BCUT2D eigenvalue weighted by Crippen LogP contribution is 2.25. The average molecular weight is 474 g/mol. The lowest BCUT2D eigenvalue weighted by molar-refractivity contribution is 0.0847. The van der Waals surface area contributed by atoms with Crippen molar-refractivity contribution in [3.63, 3.8) is 0 Å². The van der Waals surface area contributed by atoms with Crippen LogP contribution in [0.15, 0.2) is 83.8 Å². The summed E-state index contributed by atoms with van der Waals surface area (Å²) < 4.78 is 23.9. The number of fused-ring (bicyclic) bond motifs is 1. The lowest BCUT2D eigenvalue weighted by Crippen LogP contribution is -2.41. The van der Waals surface area contributed by atoms with Gasteiger partial charge in [-0.1, -0.05) is 55.0 Å². The summed E-state index contributed by atoms with van der Waals surface area (Å²) in [7, 11) is -3.36. The smallest absolute Gasteiger partial charge is 0.267 e. The molecule has 8 heteroatoms. The van der Waals surface area contributed by atoms with E-state index >= 15 is 0 Å². The number of nitrogens with zero attached hydrogens (tertiary/aromatic N) is 1. The van der Waals surface area contributed by atoms with E-state index in [1.54, 1.807) is 19.1 Å². The lowest BCUT2D eigenvalue weighted by Gasteiger charge is -2.12. The van der Waals surface area contributed by atoms with Crippen LogP contribution in [0.3, 0.4) is 0 Å². The van der Waals surface area contributed by atoms with Crippen molar-refractivity contribution in [2.24, 2.45) is 0 Å². The number of hydrogen-bond acceptors (Lipinski definition) is 5. The number of hydrogen-bond donors (Lipinski definition) is 2. The van der Waals surface area contributed by atoms with Gasteiger partial charge in [0.15, 0.2) is 9.84 Å². The second kappa shape index (κ2) is 9.44. The summed E-state index contributed by atoms with van der Waals surface area (Å²) in [6.07, 6.45) is 0. The molecular formula is C26H23N3O4S. The van der Waals surface area contributed by atoms with Crippen LogP contribution in [0.1, 0.15) is 33.2 Å². The van der Waals surface area contributed by atoms with Crippen LogP contribution < -0.4 is 10.9 Å². The Morgan fingerprint density at radius 2 is 1.50 bits per heavy atom. The third-order valence-corrected chi connectivity index (χ3v) is 7.20. The summed E-state index contributed by atoms with van der Waals surface area (Å²) in [4.78, 5) is 30.4. The topological polar surface area (TPSA) is 105 Å². The third-order valence-electron chi connectivity index (χ3n) is 5.45. The van der Waals surface area contributed by atoms with Crippen LogP contribution in [0, 0.1) is 6.92 Å². The molecule has 0 radical (unpaired) electrons. The standard InChI is InChI=1S/C26H23N3O4S/c1-3-34(32,33)20-14-12-19(13-15-20)25(30)28-29-26(31)22-16-24(18-10-8-17(2)9-11-18)27-23-7-5-4-6-21(22)23/h4-16H,3H2,1-2H3,(H,28,30)(H,29,31). The number of carbonyl (C=O) groups is 2. The molecule has 0 spiro atoms. The molecular weight excluding hydrogens is 450 g/mol. The number of aryl methyl sites for hydroxylation is 1. The molecule has 7 nitrogen and oxygen atoms in total. The fourth-order valence-corrected chi connectivity index (χ4v) is 4.35. The molecule has 0 aliphatic carbocycles. The fourth-order valence-electron chi connectivity index (χ4n) is 3.47. The zero-order valence-corrected chi connectivity index (χ0v) is 19.5. The van der Waals surface area contributed by atoms with E-state index in [4.69, 9.17) is 0 Å². The molecule has 0 aliphatic heterocycles. The second-order valence-corrected chi connectivity index (χ2v) is 10.1. The summed E-state index contributed by atoms with van der Waals surface area (Å²) >= 11 is 0. The number of carbonyl (C=O) groups excluding carboxylic acids is 2. The first-order valence-corrected chi connectivity index (χ1v) is 12.3. The van der Waals surface area contributed by atoms with Crippen LogP contribution in [-0.4, -0.2) is 31.0 Å². The number of para-hydroxylation sites is 1. The first kappa shape index (κ1) is 23.1. The van der Waals surface area contributed by atoms with Crippen molar-refractivity contribution in [1.82, 2.24) is 15.8 Å². The van der Waals surface area contributed by atoms with E-state index < -0.39 is 21.7 Å². The highest BCUT2D eigenvalue weighted by Gasteiger charge is 2.16. The SMILES string of the molecule is CCS(=O)(=O)c1ccc(C(=O)NNC(=O)c2cc(-c3ccc(C)cc3)nc3ccccc23)cc1. The Morgan fingerprint density at radius 3 is 2.18 bits per heavy atom. The number of benzene rings is 3. The monoisotopic (exact) mass is 473 g/mol. The number of amides is 2. The van der Waals surface area contributed by atoms with E-state index in [1.807, 2.05) is 49.4 Å². The first-order chi connectivity index (χ1) is 16.3. The number of aromatic nitrogens is 1. The Balaban J connectivity index is 1.57. The number of hydrazine groups is 1. The number of rotatable bonds is 5. The van der Waals surface area contributed by atoms with Crippen molar-refractivity contribution >= 4 is 32.6 Å². The van der Waals surface area contributed by atoms with Crippen LogP contribution in [0.4, 0.5) is 0 Å². The van der Waals surface area contributed by atoms with E-state index in [2.05, 4.69) is 15.8 Å². The predicted octanol–water partition coefficient (Wildman–Crippen LogP) is 4.08. The maximum Gasteiger partial charge on any atom is 0.270 e. The Bertz CT molecular complexity index is 1480. The molecule has 2 amide bonds. The van der Waals surface area contributed by atoms with Crippen LogP contribution in [-0.2, 0) is 9.84 Å². The number of nitrogens with one attached hydrogen (secondary N) is 2. The Morgan fingerprint density at radius 1 is 0.853 bits per heavy atom. The van der Waals surface area contributed by atoms with Crippen molar-refractivity contribution < 1.29 is 18.0 Å². The Labute approximate surface area is 197 Å². The lowest BCUT2D eigenvalue weighted by atomic mass is 10.0. The first-order valence-electron chi connectivity index (χ1n) is 10.7. The van der Waals surface area contributed by atoms with E-state index in [0.29, 0.717) is 22.2 Å². The van der Waals surface area contributed by atoms with Gasteiger partial charge in [-0.05, 0) is 43.3 Å². The van der Waals surface area contributed by atoms with Gasteiger partial charge in [0.2, 0.25) is 0 Å². The molecule has 0 aliphatic rings. The predicted molar refractivity (Wildman–Crippen MR) is 131 cm³/mol. The maximum absolute atomic E-state index is 13.0. The molecule has 4 rings (SSSR count). The minimum absolute atomic E-state index is 0.0287. The van der Waals surface area contributed by atoms with Crippen molar-refractivity contribution in [2.45, 2.75) is 18.7 Å². The summed E-state index contributed by atoms with van der Waals surface area (Å²) in [5.74, 6) is -1.09. The van der Waals surface area contributed by atoms with Crippen LogP contribution in [0.5, 0.6) is 0 Å². The molecule has 0 saturated heterocycles. The van der Waals surface area contributed by atoms with Gasteiger partial charge >= 0.3 is 0 Å². The molecule has 1 heterocycles. The van der Waals surface area contributed by atoms with Gasteiger partial charge in [0, 0.05) is 16.5 Å². The number of pyridine rings is 1. The van der Waals surface area contributed by atoms with Gasteiger partial charge in [-0.3, -0.25) is 20.4 Å². The number of sulfone groups is 1. The summed E-state index contributed by atoms with van der Waals surface area (Å²) in [5.41, 5.74) is 8.71. The molecule has 0 unspecified atom stereocenters. The summed E-state index contributed by atoms with van der Waals surface area (Å²) in [6, 6.07) is 22.4. The fraction of sp³-hybridized carbons (Fsp3) is 0.115. The summed E-state index contributed by atoms with van der Waals surface area (Å²) in [5, 5.41) is 0.652. The normalized spacial score (nSPS) is 11.2. The van der Waals surface area contributed by atoms with Crippen LogP contribution in [0.2, 0.25) is 0 Å². The van der Waals surface area contributed by atoms with E-state index in [0.717, 1.165) is 11.1 Å². The van der Waals surface area contributed by atoms with Crippen molar-refractivity contribution in [2.75, 3.05) is 5.75 Å². The van der Waals surface area contributed by atoms with Crippen molar-refractivity contribution in [1.29, 1.82) is 0 Å². The largest absolute Gasteiger partial charge is 0.270 e. The molecule has 34 heavy (non-hydrogen) atoms. The Kier molecular flexibility index (Phi) is 6.43. The molecule has 0 bridgehead atoms. The van der Waals surface area contributed by atoms with Gasteiger partial charge in [-0.25, -0.2) is 13.4 Å². The molecule has 0 saturated carbocycles. The molecule has 1 aromatic heterocycles. The molecule has 0 fully saturated rings. The minimum atomic E-state index is -3.36. The van der Waals surface area contributed by atoms with E-state index in [1.165, 1.54) is 24.3 Å². The van der Waals surface area contributed by atoms with Crippen molar-refractivity contribution in [3.8, 4) is 11.3 Å². The zero-order valence-electron chi connectivity index (χ0n) is 18.7. The molecule has 3 aromatic carbocycles. The molecule has 2 N–H and O–H groups in total. The highest BCUT2D eigenvalue weighted by atomic mass is 32.2. The summed E-state index contributed by atoms with van der Waals surface area (Å²) in [6.45, 7) is 3.55. The van der Waals surface area contributed by atoms with Gasteiger partial charge in [0.25, 0.3) is 11.8 Å². The quantitative estimate of drug-likeness (QED) is 0.425. The third kappa shape index (κ3) is 4.82. The highest BCUT2D eigenvalue weighted by molar-refractivity contribution is 7.91. The van der Waals surface area contributed by atoms with Crippen molar-refractivity contribution in [3.05, 3.63) is 95.6 Å². The van der Waals surface area contributed by atoms with E-state index in [-0.39, 0.29) is 16.2 Å². The minimum Gasteiger partial charge on any atom is -0.267 e. The molecule has 4 aromatic rings. The van der Waals surface area contributed by atoms with Gasteiger partial charge in [-0.2, -0.15) is 0 Å². The van der Waals surface area contributed by atoms with E-state index in [9.17, 15) is 18.0 Å². The van der Waals surface area contributed by atoms with Gasteiger partial charge < -0.3 is 0 Å². The van der Waals surface area contributed by atoms with Crippen LogP contribution >= 0.6 is 0 Å². The Hall–Kier alpha value is -4.04. The average Bonchev–Trinajstić information content (AvgIpc) is 2.87. The maximum atomic E-state index is 13.0. The second-order valence-electron chi connectivity index (χ2n) is 7.77. The zero-order chi connectivity index (χ0) is 24.3. The van der Waals surface area contributed by atoms with Gasteiger partial charge in [-0.15, -0.1) is 0 Å². The van der Waals surface area contributed by atoms with Gasteiger partial charge in [0.1, 0.15) is 0 Å². The molecule has 172 valence electrons.